The van der Waals surface area contributed by atoms with Crippen molar-refractivity contribution in [1.29, 1.82) is 0 Å². The highest BCUT2D eigenvalue weighted by Gasteiger charge is 2.23. The number of hydrogen-bond donors (Lipinski definition) is 0. The maximum absolute atomic E-state index is 6.14. The van der Waals surface area contributed by atoms with Crippen molar-refractivity contribution < 1.29 is 9.47 Å². The van der Waals surface area contributed by atoms with E-state index in [1.54, 1.807) is 0 Å². The Labute approximate surface area is 129 Å². The smallest absolute Gasteiger partial charge is 0.177 e. The molecular weight excluding hydrogens is 272 g/mol. The third kappa shape index (κ3) is 2.25. The molecule has 0 saturated carbocycles. The van der Waals surface area contributed by atoms with Gasteiger partial charge >= 0.3 is 0 Å². The van der Waals surface area contributed by atoms with E-state index in [0.717, 1.165) is 34.1 Å². The summed E-state index contributed by atoms with van der Waals surface area (Å²) in [7, 11) is 0. The monoisotopic (exact) mass is 286 g/mol. The molecule has 0 aromatic heterocycles. The first-order chi connectivity index (χ1) is 10.9. The van der Waals surface area contributed by atoms with Crippen LogP contribution in [0.5, 0.6) is 11.5 Å². The predicted molar refractivity (Wildman–Crippen MR) is 87.4 cm³/mol. The van der Waals surface area contributed by atoms with E-state index in [-0.39, 0.29) is 0 Å². The van der Waals surface area contributed by atoms with Crippen molar-refractivity contribution in [3.63, 3.8) is 0 Å². The molecule has 3 aromatic rings. The van der Waals surface area contributed by atoms with Crippen molar-refractivity contribution in [2.24, 2.45) is 0 Å². The van der Waals surface area contributed by atoms with Gasteiger partial charge in [0.2, 0.25) is 0 Å². The molecule has 22 heavy (non-hydrogen) atoms. The Kier molecular flexibility index (Phi) is 3.13. The molecule has 2 heteroatoms. The number of hydrogen-bond acceptors (Lipinski definition) is 2. The second-order valence-electron chi connectivity index (χ2n) is 5.04. The lowest BCUT2D eigenvalue weighted by Crippen LogP contribution is -2.10. The van der Waals surface area contributed by atoms with E-state index in [9.17, 15) is 0 Å². The molecule has 0 aliphatic carbocycles. The maximum Gasteiger partial charge on any atom is 0.177 e. The van der Waals surface area contributed by atoms with Gasteiger partial charge in [0.1, 0.15) is 0 Å². The summed E-state index contributed by atoms with van der Waals surface area (Å²) in [5.41, 5.74) is 1.99. The van der Waals surface area contributed by atoms with E-state index in [2.05, 4.69) is 0 Å². The zero-order chi connectivity index (χ0) is 14.8. The van der Waals surface area contributed by atoms with Crippen LogP contribution in [0.15, 0.2) is 84.9 Å². The number of para-hydroxylation sites is 2. The Balaban J connectivity index is 1.89. The van der Waals surface area contributed by atoms with Gasteiger partial charge in [0.05, 0.1) is 0 Å². The summed E-state index contributed by atoms with van der Waals surface area (Å²) < 4.78 is 12.3. The molecule has 4 rings (SSSR count). The molecule has 0 amide bonds. The SMILES string of the molecule is c1ccc(C2=C(c3ccccc3)Oc3ccccc3O2)cc1. The molecular formula is C20H14O2. The third-order valence-electron chi connectivity index (χ3n) is 3.55. The van der Waals surface area contributed by atoms with Crippen LogP contribution in [0, 0.1) is 0 Å². The molecule has 1 aliphatic heterocycles. The Morgan fingerprint density at radius 1 is 0.409 bits per heavy atom. The van der Waals surface area contributed by atoms with Gasteiger partial charge in [0.25, 0.3) is 0 Å². The molecule has 0 saturated heterocycles. The first-order valence-electron chi connectivity index (χ1n) is 7.22. The summed E-state index contributed by atoms with van der Waals surface area (Å²) in [4.78, 5) is 0. The van der Waals surface area contributed by atoms with E-state index in [4.69, 9.17) is 9.47 Å². The first kappa shape index (κ1) is 12.7. The van der Waals surface area contributed by atoms with Crippen molar-refractivity contribution in [3.8, 4) is 11.5 Å². The third-order valence-corrected chi connectivity index (χ3v) is 3.55. The minimum Gasteiger partial charge on any atom is -0.449 e. The molecule has 1 heterocycles. The van der Waals surface area contributed by atoms with E-state index in [0.29, 0.717) is 0 Å². The summed E-state index contributed by atoms with van der Waals surface area (Å²) in [6.45, 7) is 0. The van der Waals surface area contributed by atoms with E-state index in [1.807, 2.05) is 84.9 Å². The van der Waals surface area contributed by atoms with Gasteiger partial charge in [-0.1, -0.05) is 72.8 Å². The highest BCUT2D eigenvalue weighted by molar-refractivity contribution is 5.87. The topological polar surface area (TPSA) is 18.5 Å². The summed E-state index contributed by atoms with van der Waals surface area (Å²) in [6.07, 6.45) is 0. The van der Waals surface area contributed by atoms with Crippen LogP contribution < -0.4 is 9.47 Å². The summed E-state index contributed by atoms with van der Waals surface area (Å²) in [5, 5.41) is 0. The van der Waals surface area contributed by atoms with E-state index < -0.39 is 0 Å². The molecule has 0 unspecified atom stereocenters. The van der Waals surface area contributed by atoms with Crippen molar-refractivity contribution in [3.05, 3.63) is 96.1 Å². The van der Waals surface area contributed by atoms with Gasteiger partial charge in [-0.3, -0.25) is 0 Å². The molecule has 0 N–H and O–H groups in total. The van der Waals surface area contributed by atoms with Gasteiger partial charge in [0, 0.05) is 11.1 Å². The van der Waals surface area contributed by atoms with Crippen molar-refractivity contribution in [1.82, 2.24) is 0 Å². The van der Waals surface area contributed by atoms with Crippen LogP contribution in [0.3, 0.4) is 0 Å². The van der Waals surface area contributed by atoms with Gasteiger partial charge < -0.3 is 9.47 Å². The highest BCUT2D eigenvalue weighted by atomic mass is 16.6. The minimum absolute atomic E-state index is 0.737. The van der Waals surface area contributed by atoms with E-state index >= 15 is 0 Å². The van der Waals surface area contributed by atoms with Crippen molar-refractivity contribution in [2.45, 2.75) is 0 Å². The first-order valence-corrected chi connectivity index (χ1v) is 7.22. The second-order valence-corrected chi connectivity index (χ2v) is 5.04. The van der Waals surface area contributed by atoms with Gasteiger partial charge in [-0.05, 0) is 12.1 Å². The van der Waals surface area contributed by atoms with Crippen LogP contribution in [0.2, 0.25) is 0 Å². The second kappa shape index (κ2) is 5.41. The summed E-state index contributed by atoms with van der Waals surface area (Å²) in [5.74, 6) is 2.96. The Bertz CT molecular complexity index is 750. The fourth-order valence-corrected chi connectivity index (χ4v) is 2.49. The van der Waals surface area contributed by atoms with Crippen LogP contribution in [0.4, 0.5) is 0 Å². The molecule has 1 aliphatic rings. The molecule has 2 nitrogen and oxygen atoms in total. The number of ether oxygens (including phenoxy) is 2. The highest BCUT2D eigenvalue weighted by Crippen LogP contribution is 2.41. The molecule has 0 fully saturated rings. The average Bonchev–Trinajstić information content (AvgIpc) is 2.62. The quantitative estimate of drug-likeness (QED) is 0.661. The maximum atomic E-state index is 6.14. The molecule has 0 bridgehead atoms. The minimum atomic E-state index is 0.737. The van der Waals surface area contributed by atoms with Gasteiger partial charge in [-0.25, -0.2) is 0 Å². The number of benzene rings is 3. The van der Waals surface area contributed by atoms with Crippen molar-refractivity contribution in [2.75, 3.05) is 0 Å². The molecule has 106 valence electrons. The van der Waals surface area contributed by atoms with Gasteiger partial charge in [0.15, 0.2) is 23.0 Å². The lowest BCUT2D eigenvalue weighted by Gasteiger charge is -2.24. The summed E-state index contributed by atoms with van der Waals surface area (Å²) >= 11 is 0. The van der Waals surface area contributed by atoms with Crippen LogP contribution in [0.25, 0.3) is 11.5 Å². The molecule has 0 atom stereocenters. The standard InChI is InChI=1S/C20H14O2/c1-3-9-15(10-4-1)19-20(16-11-5-2-6-12-16)22-18-14-8-7-13-17(18)21-19/h1-14H. The van der Waals surface area contributed by atoms with Crippen LogP contribution in [0.1, 0.15) is 11.1 Å². The number of rotatable bonds is 2. The van der Waals surface area contributed by atoms with Gasteiger partial charge in [-0.15, -0.1) is 0 Å². The van der Waals surface area contributed by atoms with Crippen LogP contribution in [-0.2, 0) is 0 Å². The van der Waals surface area contributed by atoms with Crippen molar-refractivity contribution >= 4 is 11.5 Å². The largest absolute Gasteiger partial charge is 0.449 e. The average molecular weight is 286 g/mol. The van der Waals surface area contributed by atoms with E-state index in [1.165, 1.54) is 0 Å². The Morgan fingerprint density at radius 2 is 0.773 bits per heavy atom. The number of fused-ring (bicyclic) bond motifs is 1. The van der Waals surface area contributed by atoms with Crippen LogP contribution >= 0.6 is 0 Å². The fraction of sp³-hybridized carbons (Fsp3) is 0. The lowest BCUT2D eigenvalue weighted by atomic mass is 10.1. The fourth-order valence-electron chi connectivity index (χ4n) is 2.49. The predicted octanol–water partition coefficient (Wildman–Crippen LogP) is 4.98. The molecule has 3 aromatic carbocycles. The summed E-state index contributed by atoms with van der Waals surface area (Å²) in [6, 6.07) is 27.8. The van der Waals surface area contributed by atoms with Gasteiger partial charge in [-0.2, -0.15) is 0 Å². The zero-order valence-corrected chi connectivity index (χ0v) is 11.9. The zero-order valence-electron chi connectivity index (χ0n) is 11.9. The molecule has 0 radical (unpaired) electrons. The Morgan fingerprint density at radius 3 is 1.18 bits per heavy atom. The Hall–Kier alpha value is -3.00. The normalized spacial score (nSPS) is 13.1. The lowest BCUT2D eigenvalue weighted by molar-refractivity contribution is 0.406. The molecule has 0 spiro atoms. The van der Waals surface area contributed by atoms with Crippen LogP contribution in [-0.4, -0.2) is 0 Å².